The van der Waals surface area contributed by atoms with E-state index in [1.165, 1.54) is 32.1 Å². The molecule has 18 heavy (non-hydrogen) atoms. The van der Waals surface area contributed by atoms with Crippen LogP contribution in [0.15, 0.2) is 6.20 Å². The molecule has 2 rings (SSSR count). The number of hydrogen-bond acceptors (Lipinski definition) is 4. The van der Waals surface area contributed by atoms with Crippen molar-refractivity contribution in [3.63, 3.8) is 0 Å². The van der Waals surface area contributed by atoms with Crippen molar-refractivity contribution in [3.8, 4) is 0 Å². The summed E-state index contributed by atoms with van der Waals surface area (Å²) in [6.07, 6.45) is 4.07. The molecule has 1 N–H and O–H groups in total. The summed E-state index contributed by atoms with van der Waals surface area (Å²) >= 11 is 0. The van der Waals surface area contributed by atoms with Gasteiger partial charge in [0.25, 0.3) is 5.91 Å². The van der Waals surface area contributed by atoms with Gasteiger partial charge in [0.15, 0.2) is 5.69 Å². The van der Waals surface area contributed by atoms with Crippen molar-refractivity contribution in [3.05, 3.63) is 11.9 Å². The summed E-state index contributed by atoms with van der Waals surface area (Å²) in [6, 6.07) is 0. The van der Waals surface area contributed by atoms with Gasteiger partial charge in [-0.3, -0.25) is 4.79 Å². The van der Waals surface area contributed by atoms with Crippen LogP contribution in [0.25, 0.3) is 0 Å². The molecule has 0 spiro atoms. The highest BCUT2D eigenvalue weighted by Crippen LogP contribution is 2.11. The quantitative estimate of drug-likeness (QED) is 0.832. The van der Waals surface area contributed by atoms with Crippen LogP contribution in [0.4, 0.5) is 0 Å². The number of hydrogen-bond donors (Lipinski definition) is 1. The largest absolute Gasteiger partial charge is 0.340 e. The van der Waals surface area contributed by atoms with E-state index in [-0.39, 0.29) is 5.91 Å². The average Bonchev–Trinajstić information content (AvgIpc) is 2.99. The maximum Gasteiger partial charge on any atom is 0.275 e. The van der Waals surface area contributed by atoms with Gasteiger partial charge in [0.2, 0.25) is 0 Å². The third kappa shape index (κ3) is 3.29. The van der Waals surface area contributed by atoms with Gasteiger partial charge in [0.1, 0.15) is 0 Å². The van der Waals surface area contributed by atoms with E-state index in [1.807, 2.05) is 7.05 Å². The van der Waals surface area contributed by atoms with Crippen molar-refractivity contribution in [2.45, 2.75) is 19.8 Å². The van der Waals surface area contributed by atoms with Crippen LogP contribution in [0.1, 0.15) is 30.3 Å². The molecule has 6 heteroatoms. The van der Waals surface area contributed by atoms with E-state index in [2.05, 4.69) is 27.2 Å². The first-order chi connectivity index (χ1) is 8.66. The fourth-order valence-corrected chi connectivity index (χ4v) is 2.51. The minimum Gasteiger partial charge on any atom is -0.340 e. The Morgan fingerprint density at radius 3 is 2.89 bits per heavy atom. The lowest BCUT2D eigenvalue weighted by Gasteiger charge is -2.24. The number of carbonyl (C=O) groups excluding carboxylic acids is 1. The average molecular weight is 251 g/mol. The zero-order valence-electron chi connectivity index (χ0n) is 11.1. The Labute approximate surface area is 107 Å². The zero-order valence-corrected chi connectivity index (χ0v) is 11.1. The second-order valence-corrected chi connectivity index (χ2v) is 5.15. The Bertz CT molecular complexity index is 372. The highest BCUT2D eigenvalue weighted by Gasteiger charge is 2.19. The van der Waals surface area contributed by atoms with E-state index in [1.54, 1.807) is 4.90 Å². The van der Waals surface area contributed by atoms with Gasteiger partial charge in [-0.1, -0.05) is 6.92 Å². The number of H-pyrrole nitrogens is 1. The standard InChI is InChI=1S/C12H21N5O/c1-10(9-17-5-3-4-6-17)8-16(2)12(18)11-7-13-15-14-11/h7,10H,3-6,8-9H2,1-2H3,(H,13,14,15). The highest BCUT2D eigenvalue weighted by molar-refractivity contribution is 5.91. The molecular formula is C12H21N5O. The van der Waals surface area contributed by atoms with E-state index in [0.29, 0.717) is 11.6 Å². The number of amides is 1. The van der Waals surface area contributed by atoms with Crippen LogP contribution in [-0.2, 0) is 0 Å². The number of carbonyl (C=O) groups is 1. The van der Waals surface area contributed by atoms with Crippen LogP contribution in [-0.4, -0.2) is 64.3 Å². The maximum atomic E-state index is 12.0. The summed E-state index contributed by atoms with van der Waals surface area (Å²) in [5.74, 6) is 0.404. The second-order valence-electron chi connectivity index (χ2n) is 5.15. The van der Waals surface area contributed by atoms with Crippen molar-refractivity contribution >= 4 is 5.91 Å². The molecule has 1 saturated heterocycles. The molecule has 1 atom stereocenters. The normalized spacial score (nSPS) is 17.9. The molecule has 0 aliphatic carbocycles. The van der Waals surface area contributed by atoms with Crippen molar-refractivity contribution in [2.24, 2.45) is 5.92 Å². The summed E-state index contributed by atoms with van der Waals surface area (Å²) in [5, 5.41) is 9.93. The maximum absolute atomic E-state index is 12.0. The number of nitrogens with zero attached hydrogens (tertiary/aromatic N) is 4. The molecule has 1 fully saturated rings. The third-order valence-corrected chi connectivity index (χ3v) is 3.33. The first-order valence-corrected chi connectivity index (χ1v) is 6.50. The molecule has 1 aromatic rings. The van der Waals surface area contributed by atoms with Crippen molar-refractivity contribution < 1.29 is 4.79 Å². The molecule has 1 aliphatic rings. The van der Waals surface area contributed by atoms with Gasteiger partial charge in [-0.05, 0) is 31.8 Å². The number of nitrogens with one attached hydrogen (secondary N) is 1. The van der Waals surface area contributed by atoms with Crippen LogP contribution in [0.5, 0.6) is 0 Å². The van der Waals surface area contributed by atoms with Crippen molar-refractivity contribution in [1.29, 1.82) is 0 Å². The van der Waals surface area contributed by atoms with E-state index in [0.717, 1.165) is 13.1 Å². The summed E-state index contributed by atoms with van der Waals surface area (Å²) in [4.78, 5) is 16.2. The van der Waals surface area contributed by atoms with Gasteiger partial charge in [0, 0.05) is 20.1 Å². The van der Waals surface area contributed by atoms with E-state index < -0.39 is 0 Å². The smallest absolute Gasteiger partial charge is 0.275 e. The Hall–Kier alpha value is -1.43. The van der Waals surface area contributed by atoms with E-state index in [9.17, 15) is 4.79 Å². The summed E-state index contributed by atoms with van der Waals surface area (Å²) < 4.78 is 0. The van der Waals surface area contributed by atoms with Crippen LogP contribution in [0.2, 0.25) is 0 Å². The SMILES string of the molecule is CC(CN1CCCC1)CN(C)C(=O)c1cn[nH]n1. The monoisotopic (exact) mass is 251 g/mol. The van der Waals surface area contributed by atoms with Crippen molar-refractivity contribution in [1.82, 2.24) is 25.2 Å². The Morgan fingerprint density at radius 2 is 2.28 bits per heavy atom. The molecule has 1 aliphatic heterocycles. The lowest BCUT2D eigenvalue weighted by atomic mass is 10.1. The molecule has 0 aromatic carbocycles. The van der Waals surface area contributed by atoms with Gasteiger partial charge in [-0.15, -0.1) is 0 Å². The topological polar surface area (TPSA) is 65.1 Å². The van der Waals surface area contributed by atoms with Gasteiger partial charge in [-0.2, -0.15) is 15.4 Å². The molecule has 1 aromatic heterocycles. The molecule has 1 unspecified atom stereocenters. The van der Waals surface area contributed by atoms with E-state index in [4.69, 9.17) is 0 Å². The predicted molar refractivity (Wildman–Crippen MR) is 68.2 cm³/mol. The molecule has 100 valence electrons. The number of likely N-dealkylation sites (tertiary alicyclic amines) is 1. The van der Waals surface area contributed by atoms with E-state index >= 15 is 0 Å². The van der Waals surface area contributed by atoms with Gasteiger partial charge in [0.05, 0.1) is 6.20 Å². The first kappa shape index (κ1) is 13.0. The molecule has 0 bridgehead atoms. The first-order valence-electron chi connectivity index (χ1n) is 6.50. The summed E-state index contributed by atoms with van der Waals surface area (Å²) in [6.45, 7) is 6.40. The molecule has 6 nitrogen and oxygen atoms in total. The lowest BCUT2D eigenvalue weighted by molar-refractivity contribution is 0.0760. The number of rotatable bonds is 5. The molecule has 2 heterocycles. The number of aromatic nitrogens is 3. The van der Waals surface area contributed by atoms with Gasteiger partial charge < -0.3 is 9.80 Å². The van der Waals surface area contributed by atoms with Crippen LogP contribution < -0.4 is 0 Å². The minimum absolute atomic E-state index is 0.0722. The Balaban J connectivity index is 1.79. The van der Waals surface area contributed by atoms with Crippen LogP contribution in [0.3, 0.4) is 0 Å². The predicted octanol–water partition coefficient (Wildman–Crippen LogP) is 0.609. The van der Waals surface area contributed by atoms with Gasteiger partial charge in [-0.25, -0.2) is 0 Å². The molecule has 0 saturated carbocycles. The van der Waals surface area contributed by atoms with Crippen LogP contribution >= 0.6 is 0 Å². The van der Waals surface area contributed by atoms with Crippen molar-refractivity contribution in [2.75, 3.05) is 33.2 Å². The fraction of sp³-hybridized carbons (Fsp3) is 0.750. The Morgan fingerprint density at radius 1 is 1.56 bits per heavy atom. The molecular weight excluding hydrogens is 230 g/mol. The van der Waals surface area contributed by atoms with Gasteiger partial charge >= 0.3 is 0 Å². The fourth-order valence-electron chi connectivity index (χ4n) is 2.51. The number of aromatic amines is 1. The highest BCUT2D eigenvalue weighted by atomic mass is 16.2. The lowest BCUT2D eigenvalue weighted by Crippen LogP contribution is -2.36. The Kier molecular flexibility index (Phi) is 4.30. The summed E-state index contributed by atoms with van der Waals surface area (Å²) in [7, 11) is 1.82. The zero-order chi connectivity index (χ0) is 13.0. The second kappa shape index (κ2) is 5.95. The van der Waals surface area contributed by atoms with Crippen LogP contribution in [0, 0.1) is 5.92 Å². The molecule has 0 radical (unpaired) electrons. The molecule has 1 amide bonds. The minimum atomic E-state index is -0.0722. The summed E-state index contributed by atoms with van der Waals surface area (Å²) in [5.41, 5.74) is 0.380. The third-order valence-electron chi connectivity index (χ3n) is 3.33.